The Morgan fingerprint density at radius 1 is 1.50 bits per heavy atom. The molecule has 18 heavy (non-hydrogen) atoms. The Morgan fingerprint density at radius 3 is 3.06 bits per heavy atom. The van der Waals surface area contributed by atoms with E-state index >= 15 is 0 Å². The number of carbonyl (C=O) groups is 1. The number of morpholine rings is 1. The van der Waals surface area contributed by atoms with E-state index in [1.807, 2.05) is 12.1 Å². The molecule has 1 atom stereocenters. The summed E-state index contributed by atoms with van der Waals surface area (Å²) < 4.78 is 5.39. The lowest BCUT2D eigenvalue weighted by atomic mass is 10.1. The van der Waals surface area contributed by atoms with Gasteiger partial charge >= 0.3 is 0 Å². The molecule has 0 radical (unpaired) electrons. The van der Waals surface area contributed by atoms with Crippen LogP contribution in [0.25, 0.3) is 0 Å². The van der Waals surface area contributed by atoms with Gasteiger partial charge in [-0.25, -0.2) is 0 Å². The molecule has 4 heteroatoms. The molecule has 1 fully saturated rings. The van der Waals surface area contributed by atoms with Gasteiger partial charge < -0.3 is 15.4 Å². The normalized spacial score (nSPS) is 19.5. The summed E-state index contributed by atoms with van der Waals surface area (Å²) in [6.45, 7) is 4.79. The highest BCUT2D eigenvalue weighted by Gasteiger charge is 2.20. The number of ether oxygens (including phenoxy) is 1. The van der Waals surface area contributed by atoms with E-state index in [0.29, 0.717) is 19.7 Å². The van der Waals surface area contributed by atoms with E-state index in [4.69, 9.17) is 4.74 Å². The Hall–Kier alpha value is -1.39. The number of benzene rings is 1. The second-order valence-electron chi connectivity index (χ2n) is 4.53. The van der Waals surface area contributed by atoms with Crippen LogP contribution >= 0.6 is 0 Å². The highest BCUT2D eigenvalue weighted by molar-refractivity contribution is 5.81. The smallest absolute Gasteiger partial charge is 0.250 e. The highest BCUT2D eigenvalue weighted by Crippen LogP contribution is 2.07. The molecule has 0 aromatic heterocycles. The number of rotatable bonds is 4. The molecule has 0 aliphatic carbocycles. The van der Waals surface area contributed by atoms with Crippen LogP contribution in [0.1, 0.15) is 11.1 Å². The Morgan fingerprint density at radius 2 is 2.33 bits per heavy atom. The van der Waals surface area contributed by atoms with Gasteiger partial charge in [-0.3, -0.25) is 4.79 Å². The summed E-state index contributed by atoms with van der Waals surface area (Å²) in [4.78, 5) is 11.8. The van der Waals surface area contributed by atoms with Gasteiger partial charge in [0.1, 0.15) is 6.10 Å². The summed E-state index contributed by atoms with van der Waals surface area (Å²) in [6, 6.07) is 8.24. The topological polar surface area (TPSA) is 50.4 Å². The van der Waals surface area contributed by atoms with E-state index in [2.05, 4.69) is 29.7 Å². The number of amides is 1. The van der Waals surface area contributed by atoms with Crippen molar-refractivity contribution in [2.75, 3.05) is 26.2 Å². The maximum Gasteiger partial charge on any atom is 0.250 e. The van der Waals surface area contributed by atoms with Crippen molar-refractivity contribution in [3.05, 3.63) is 35.4 Å². The number of carbonyl (C=O) groups excluding carboxylic acids is 1. The largest absolute Gasteiger partial charge is 0.366 e. The molecule has 0 bridgehead atoms. The average Bonchev–Trinajstić information content (AvgIpc) is 2.42. The van der Waals surface area contributed by atoms with Crippen LogP contribution < -0.4 is 10.6 Å². The molecule has 0 saturated carbocycles. The molecule has 1 aliphatic heterocycles. The maximum absolute atomic E-state index is 11.8. The molecule has 2 N–H and O–H groups in total. The van der Waals surface area contributed by atoms with E-state index in [1.165, 1.54) is 11.1 Å². The third-order valence-electron chi connectivity index (χ3n) is 3.17. The molecule has 1 heterocycles. The lowest BCUT2D eigenvalue weighted by Gasteiger charge is -2.22. The summed E-state index contributed by atoms with van der Waals surface area (Å²) in [7, 11) is 0. The minimum atomic E-state index is -0.337. The fraction of sp³-hybridized carbons (Fsp3) is 0.500. The van der Waals surface area contributed by atoms with Crippen molar-refractivity contribution in [3.63, 3.8) is 0 Å². The monoisotopic (exact) mass is 248 g/mol. The van der Waals surface area contributed by atoms with E-state index in [-0.39, 0.29) is 12.0 Å². The second-order valence-corrected chi connectivity index (χ2v) is 4.53. The minimum Gasteiger partial charge on any atom is -0.366 e. The predicted molar refractivity (Wildman–Crippen MR) is 70.5 cm³/mol. The summed E-state index contributed by atoms with van der Waals surface area (Å²) in [5.74, 6) is -0.0178. The van der Waals surface area contributed by atoms with Gasteiger partial charge in [0.15, 0.2) is 0 Å². The summed E-state index contributed by atoms with van der Waals surface area (Å²) in [5.41, 5.74) is 2.54. The third kappa shape index (κ3) is 3.55. The number of hydrogen-bond donors (Lipinski definition) is 2. The molecule has 4 nitrogen and oxygen atoms in total. The van der Waals surface area contributed by atoms with Crippen molar-refractivity contribution in [1.82, 2.24) is 10.6 Å². The molecule has 0 spiro atoms. The van der Waals surface area contributed by atoms with Gasteiger partial charge in [-0.05, 0) is 24.5 Å². The van der Waals surface area contributed by atoms with Crippen LogP contribution in [0.3, 0.4) is 0 Å². The zero-order chi connectivity index (χ0) is 12.8. The van der Waals surface area contributed by atoms with Crippen molar-refractivity contribution in [3.8, 4) is 0 Å². The lowest BCUT2D eigenvalue weighted by molar-refractivity contribution is -0.134. The van der Waals surface area contributed by atoms with Gasteiger partial charge in [-0.1, -0.05) is 24.3 Å². The van der Waals surface area contributed by atoms with E-state index < -0.39 is 0 Å². The predicted octanol–water partition coefficient (Wildman–Crippen LogP) is 0.642. The van der Waals surface area contributed by atoms with Crippen LogP contribution in [0.5, 0.6) is 0 Å². The Bertz CT molecular complexity index is 401. The number of aryl methyl sites for hydroxylation is 1. The first-order chi connectivity index (χ1) is 8.77. The van der Waals surface area contributed by atoms with Crippen LogP contribution in [0, 0.1) is 6.92 Å². The lowest BCUT2D eigenvalue weighted by Crippen LogP contribution is -2.48. The van der Waals surface area contributed by atoms with Gasteiger partial charge in [0.25, 0.3) is 0 Å². The summed E-state index contributed by atoms with van der Waals surface area (Å²) in [5, 5.41) is 6.07. The van der Waals surface area contributed by atoms with Gasteiger partial charge in [0, 0.05) is 19.6 Å². The molecule has 1 aromatic rings. The van der Waals surface area contributed by atoms with E-state index in [0.717, 1.165) is 13.0 Å². The van der Waals surface area contributed by atoms with Crippen molar-refractivity contribution in [2.45, 2.75) is 19.4 Å². The zero-order valence-electron chi connectivity index (χ0n) is 10.7. The molecule has 1 aliphatic rings. The maximum atomic E-state index is 11.8. The first kappa shape index (κ1) is 13.1. The van der Waals surface area contributed by atoms with Crippen LogP contribution in [-0.2, 0) is 16.0 Å². The first-order valence-corrected chi connectivity index (χ1v) is 6.42. The zero-order valence-corrected chi connectivity index (χ0v) is 10.7. The minimum absolute atomic E-state index is 0.0178. The van der Waals surface area contributed by atoms with Crippen molar-refractivity contribution < 1.29 is 9.53 Å². The SMILES string of the molecule is Cc1ccccc1CCNC(=O)C1CNCCO1. The molecule has 1 amide bonds. The van der Waals surface area contributed by atoms with Crippen LogP contribution in [0.2, 0.25) is 0 Å². The quantitative estimate of drug-likeness (QED) is 0.822. The van der Waals surface area contributed by atoms with Crippen molar-refractivity contribution in [1.29, 1.82) is 0 Å². The molecular formula is C14H20N2O2. The second kappa shape index (κ2) is 6.52. The summed E-state index contributed by atoms with van der Waals surface area (Å²) >= 11 is 0. The molecule has 1 saturated heterocycles. The molecule has 2 rings (SSSR count). The first-order valence-electron chi connectivity index (χ1n) is 6.42. The van der Waals surface area contributed by atoms with E-state index in [9.17, 15) is 4.79 Å². The summed E-state index contributed by atoms with van der Waals surface area (Å²) in [6.07, 6.45) is 0.522. The number of hydrogen-bond acceptors (Lipinski definition) is 3. The van der Waals surface area contributed by atoms with Gasteiger partial charge in [0.05, 0.1) is 6.61 Å². The van der Waals surface area contributed by atoms with Gasteiger partial charge in [-0.15, -0.1) is 0 Å². The fourth-order valence-corrected chi connectivity index (χ4v) is 2.06. The average molecular weight is 248 g/mol. The molecular weight excluding hydrogens is 228 g/mol. The molecule has 98 valence electrons. The van der Waals surface area contributed by atoms with Crippen LogP contribution in [-0.4, -0.2) is 38.3 Å². The van der Waals surface area contributed by atoms with Crippen molar-refractivity contribution >= 4 is 5.91 Å². The molecule has 1 aromatic carbocycles. The van der Waals surface area contributed by atoms with E-state index in [1.54, 1.807) is 0 Å². The molecule has 1 unspecified atom stereocenters. The van der Waals surface area contributed by atoms with Crippen molar-refractivity contribution in [2.24, 2.45) is 0 Å². The Labute approximate surface area is 108 Å². The highest BCUT2D eigenvalue weighted by atomic mass is 16.5. The van der Waals surface area contributed by atoms with Gasteiger partial charge in [0.2, 0.25) is 5.91 Å². The van der Waals surface area contributed by atoms with Crippen LogP contribution in [0.4, 0.5) is 0 Å². The standard InChI is InChI=1S/C14H20N2O2/c1-11-4-2-3-5-12(11)6-7-16-14(17)13-10-15-8-9-18-13/h2-5,13,15H,6-10H2,1H3,(H,16,17). The third-order valence-corrected chi connectivity index (χ3v) is 3.17. The number of nitrogens with one attached hydrogen (secondary N) is 2. The van der Waals surface area contributed by atoms with Crippen LogP contribution in [0.15, 0.2) is 24.3 Å². The fourth-order valence-electron chi connectivity index (χ4n) is 2.06. The van der Waals surface area contributed by atoms with Gasteiger partial charge in [-0.2, -0.15) is 0 Å². The Balaban J connectivity index is 1.75. The Kier molecular flexibility index (Phi) is 4.73.